The zero-order chi connectivity index (χ0) is 11.1. The van der Waals surface area contributed by atoms with Gasteiger partial charge >= 0.3 is 6.09 Å². The van der Waals surface area contributed by atoms with E-state index in [2.05, 4.69) is 34.8 Å². The van der Waals surface area contributed by atoms with Gasteiger partial charge in [0.1, 0.15) is 0 Å². The van der Waals surface area contributed by atoms with Crippen molar-refractivity contribution in [1.29, 1.82) is 0 Å². The topological polar surface area (TPSA) is 38.3 Å². The smallest absolute Gasteiger partial charge is 0.411 e. The maximum absolute atomic E-state index is 11.3. The van der Waals surface area contributed by atoms with Crippen LogP contribution in [0.15, 0.2) is 24.3 Å². The third-order valence-electron chi connectivity index (χ3n) is 1.80. The summed E-state index contributed by atoms with van der Waals surface area (Å²) in [4.78, 5) is 11.3. The van der Waals surface area contributed by atoms with E-state index < -0.39 is 0 Å². The van der Waals surface area contributed by atoms with Crippen LogP contribution >= 0.6 is 22.6 Å². The van der Waals surface area contributed by atoms with Gasteiger partial charge in [-0.25, -0.2) is 4.79 Å². The van der Waals surface area contributed by atoms with Crippen LogP contribution in [-0.4, -0.2) is 12.7 Å². The molecule has 0 saturated heterocycles. The summed E-state index contributed by atoms with van der Waals surface area (Å²) in [7, 11) is 0. The summed E-state index contributed by atoms with van der Waals surface area (Å²) in [6.45, 7) is 2.53. The molecule has 1 amide bonds. The first-order valence-electron chi connectivity index (χ1n) is 4.91. The van der Waals surface area contributed by atoms with Crippen LogP contribution < -0.4 is 5.32 Å². The molecule has 1 aromatic rings. The fourth-order valence-corrected chi connectivity index (χ4v) is 1.57. The molecule has 0 aliphatic carbocycles. The van der Waals surface area contributed by atoms with E-state index >= 15 is 0 Å². The zero-order valence-corrected chi connectivity index (χ0v) is 10.8. The zero-order valence-electron chi connectivity index (χ0n) is 8.63. The molecular formula is C11H14INO2. The van der Waals surface area contributed by atoms with Crippen LogP contribution in [0.5, 0.6) is 0 Å². The van der Waals surface area contributed by atoms with Crippen molar-refractivity contribution in [2.45, 2.75) is 19.8 Å². The molecule has 0 spiro atoms. The summed E-state index contributed by atoms with van der Waals surface area (Å²) in [5.41, 5.74) is 0.767. The van der Waals surface area contributed by atoms with Gasteiger partial charge in [0.2, 0.25) is 0 Å². The lowest BCUT2D eigenvalue weighted by molar-refractivity contribution is 0.160. The summed E-state index contributed by atoms with van der Waals surface area (Å²) >= 11 is 2.19. The second-order valence-corrected chi connectivity index (χ2v) is 4.37. The summed E-state index contributed by atoms with van der Waals surface area (Å²) in [5, 5.41) is 2.68. The monoisotopic (exact) mass is 319 g/mol. The Morgan fingerprint density at radius 2 is 2.33 bits per heavy atom. The van der Waals surface area contributed by atoms with Gasteiger partial charge in [-0.2, -0.15) is 0 Å². The number of benzene rings is 1. The lowest BCUT2D eigenvalue weighted by Crippen LogP contribution is -2.14. The van der Waals surface area contributed by atoms with Crippen molar-refractivity contribution in [1.82, 2.24) is 0 Å². The van der Waals surface area contributed by atoms with Crippen molar-refractivity contribution in [3.05, 3.63) is 27.8 Å². The molecule has 0 heterocycles. The number of hydrogen-bond acceptors (Lipinski definition) is 2. The van der Waals surface area contributed by atoms with E-state index in [4.69, 9.17) is 4.74 Å². The molecule has 0 aliphatic heterocycles. The molecule has 0 radical (unpaired) electrons. The molecule has 0 bridgehead atoms. The third-order valence-corrected chi connectivity index (χ3v) is 2.47. The molecule has 82 valence electrons. The quantitative estimate of drug-likeness (QED) is 0.680. The number of hydrogen-bond donors (Lipinski definition) is 1. The van der Waals surface area contributed by atoms with E-state index in [1.54, 1.807) is 0 Å². The van der Waals surface area contributed by atoms with Crippen molar-refractivity contribution in [3.63, 3.8) is 0 Å². The Bertz CT molecular complexity index is 328. The summed E-state index contributed by atoms with van der Waals surface area (Å²) < 4.78 is 6.06. The molecule has 0 saturated carbocycles. The van der Waals surface area contributed by atoms with Gasteiger partial charge in [0, 0.05) is 9.26 Å². The van der Waals surface area contributed by atoms with E-state index in [1.165, 1.54) is 0 Å². The molecule has 0 fully saturated rings. The second kappa shape index (κ2) is 6.66. The van der Waals surface area contributed by atoms with E-state index in [0.29, 0.717) is 6.61 Å². The van der Waals surface area contributed by atoms with E-state index in [9.17, 15) is 4.79 Å². The largest absolute Gasteiger partial charge is 0.449 e. The minimum Gasteiger partial charge on any atom is -0.449 e. The van der Waals surface area contributed by atoms with E-state index in [-0.39, 0.29) is 6.09 Å². The normalized spacial score (nSPS) is 9.73. The third kappa shape index (κ3) is 5.01. The average Bonchev–Trinajstić information content (AvgIpc) is 2.18. The SMILES string of the molecule is CCCCOC(=O)Nc1cccc(I)c1. The number of ether oxygens (including phenoxy) is 1. The fraction of sp³-hybridized carbons (Fsp3) is 0.364. The number of carbonyl (C=O) groups excluding carboxylic acids is 1. The van der Waals surface area contributed by atoms with Crippen molar-refractivity contribution >= 4 is 34.4 Å². The lowest BCUT2D eigenvalue weighted by Gasteiger charge is -2.06. The van der Waals surface area contributed by atoms with Crippen molar-refractivity contribution in [3.8, 4) is 0 Å². The summed E-state index contributed by atoms with van der Waals surface area (Å²) in [6.07, 6.45) is 1.54. The first kappa shape index (κ1) is 12.3. The maximum atomic E-state index is 11.3. The first-order chi connectivity index (χ1) is 7.22. The van der Waals surface area contributed by atoms with Crippen LogP contribution in [0.4, 0.5) is 10.5 Å². The molecule has 1 rings (SSSR count). The molecule has 0 aliphatic rings. The Hall–Kier alpha value is -0.780. The van der Waals surface area contributed by atoms with Crippen molar-refractivity contribution in [2.75, 3.05) is 11.9 Å². The number of rotatable bonds is 4. The number of unbranched alkanes of at least 4 members (excludes halogenated alkanes) is 1. The van der Waals surface area contributed by atoms with Crippen LogP contribution in [-0.2, 0) is 4.74 Å². The summed E-state index contributed by atoms with van der Waals surface area (Å²) in [6, 6.07) is 7.59. The molecule has 1 aromatic carbocycles. The van der Waals surface area contributed by atoms with Gasteiger partial charge < -0.3 is 4.74 Å². The van der Waals surface area contributed by atoms with Gasteiger partial charge in [0.25, 0.3) is 0 Å². The highest BCUT2D eigenvalue weighted by atomic mass is 127. The van der Waals surface area contributed by atoms with Gasteiger partial charge in [-0.3, -0.25) is 5.32 Å². The molecule has 0 aromatic heterocycles. The minimum atomic E-state index is -0.384. The van der Waals surface area contributed by atoms with Crippen LogP contribution in [0, 0.1) is 3.57 Å². The van der Waals surface area contributed by atoms with Gasteiger partial charge in [0.05, 0.1) is 6.61 Å². The van der Waals surface area contributed by atoms with E-state index in [0.717, 1.165) is 22.1 Å². The minimum absolute atomic E-state index is 0.384. The summed E-state index contributed by atoms with van der Waals surface area (Å²) in [5.74, 6) is 0. The second-order valence-electron chi connectivity index (χ2n) is 3.12. The Labute approximate surface area is 103 Å². The molecule has 4 heteroatoms. The average molecular weight is 319 g/mol. The molecule has 15 heavy (non-hydrogen) atoms. The van der Waals surface area contributed by atoms with Crippen LogP contribution in [0.25, 0.3) is 0 Å². The van der Waals surface area contributed by atoms with Gasteiger partial charge in [-0.1, -0.05) is 19.4 Å². The van der Waals surface area contributed by atoms with E-state index in [1.807, 2.05) is 24.3 Å². The van der Waals surface area contributed by atoms with Gasteiger partial charge in [0.15, 0.2) is 0 Å². The van der Waals surface area contributed by atoms with Gasteiger partial charge in [-0.05, 0) is 47.2 Å². The highest BCUT2D eigenvalue weighted by Crippen LogP contribution is 2.12. The molecule has 0 unspecified atom stereocenters. The van der Waals surface area contributed by atoms with Crippen LogP contribution in [0.1, 0.15) is 19.8 Å². The Morgan fingerprint density at radius 1 is 1.53 bits per heavy atom. The number of nitrogens with one attached hydrogen (secondary N) is 1. The number of amides is 1. The fourth-order valence-electron chi connectivity index (χ4n) is 1.03. The van der Waals surface area contributed by atoms with Gasteiger partial charge in [-0.15, -0.1) is 0 Å². The highest BCUT2D eigenvalue weighted by molar-refractivity contribution is 14.1. The van der Waals surface area contributed by atoms with Crippen LogP contribution in [0.2, 0.25) is 0 Å². The number of halogens is 1. The van der Waals surface area contributed by atoms with Crippen molar-refractivity contribution in [2.24, 2.45) is 0 Å². The molecule has 3 nitrogen and oxygen atoms in total. The highest BCUT2D eigenvalue weighted by Gasteiger charge is 2.02. The number of anilines is 1. The standard InChI is InChI=1S/C11H14INO2/c1-2-3-7-15-11(14)13-10-6-4-5-9(12)8-10/h4-6,8H,2-3,7H2,1H3,(H,13,14). The molecule has 1 N–H and O–H groups in total. The molecular weight excluding hydrogens is 305 g/mol. The predicted molar refractivity (Wildman–Crippen MR) is 69.0 cm³/mol. The molecule has 0 atom stereocenters. The Balaban J connectivity index is 2.37. The Kier molecular flexibility index (Phi) is 5.45. The lowest BCUT2D eigenvalue weighted by atomic mass is 10.3. The first-order valence-corrected chi connectivity index (χ1v) is 5.99. The number of carbonyl (C=O) groups is 1. The Morgan fingerprint density at radius 3 is 3.00 bits per heavy atom. The van der Waals surface area contributed by atoms with Crippen molar-refractivity contribution < 1.29 is 9.53 Å². The maximum Gasteiger partial charge on any atom is 0.411 e. The van der Waals surface area contributed by atoms with Crippen LogP contribution in [0.3, 0.4) is 0 Å². The predicted octanol–water partition coefficient (Wildman–Crippen LogP) is 3.64.